The lowest BCUT2D eigenvalue weighted by atomic mass is 9.78. The van der Waals surface area contributed by atoms with Crippen molar-refractivity contribution >= 4 is 12.1 Å². The number of anilines is 1. The second-order valence-corrected chi connectivity index (χ2v) is 5.19. The summed E-state index contributed by atoms with van der Waals surface area (Å²) >= 11 is 0. The van der Waals surface area contributed by atoms with E-state index in [0.717, 1.165) is 25.2 Å². The molecule has 0 saturated carbocycles. The molecule has 1 aliphatic rings. The smallest absolute Gasteiger partial charge is 0.153 e. The molecule has 0 atom stereocenters. The molecular formula is C14H20N2O. The second-order valence-electron chi connectivity index (χ2n) is 5.19. The van der Waals surface area contributed by atoms with Gasteiger partial charge in [0.1, 0.15) is 5.82 Å². The number of rotatable bonds is 3. The van der Waals surface area contributed by atoms with Gasteiger partial charge >= 0.3 is 0 Å². The molecule has 2 heterocycles. The first-order chi connectivity index (χ1) is 8.18. The molecule has 17 heavy (non-hydrogen) atoms. The number of aldehydes is 1. The number of aromatic nitrogens is 1. The van der Waals surface area contributed by atoms with Crippen molar-refractivity contribution < 1.29 is 4.79 Å². The van der Waals surface area contributed by atoms with Crippen LogP contribution in [0.15, 0.2) is 18.3 Å². The van der Waals surface area contributed by atoms with Crippen molar-refractivity contribution in [2.45, 2.75) is 33.1 Å². The third-order valence-electron chi connectivity index (χ3n) is 4.07. The molecule has 3 nitrogen and oxygen atoms in total. The standard InChI is InChI=1S/C14H20N2O/c1-3-14(2)6-9-16(10-7-14)13-12(11-17)5-4-8-15-13/h4-5,8,11H,3,6-7,9-10H2,1-2H3. The molecule has 0 radical (unpaired) electrons. The zero-order valence-corrected chi connectivity index (χ0v) is 10.6. The van der Waals surface area contributed by atoms with Gasteiger partial charge in [-0.25, -0.2) is 4.98 Å². The van der Waals surface area contributed by atoms with Crippen molar-refractivity contribution in [3.8, 4) is 0 Å². The Kier molecular flexibility index (Phi) is 3.46. The highest BCUT2D eigenvalue weighted by Gasteiger charge is 2.29. The van der Waals surface area contributed by atoms with Crippen LogP contribution < -0.4 is 4.90 Å². The van der Waals surface area contributed by atoms with Crippen LogP contribution in [0.1, 0.15) is 43.5 Å². The number of pyridine rings is 1. The lowest BCUT2D eigenvalue weighted by molar-refractivity contribution is 0.112. The molecule has 1 aliphatic heterocycles. The fraction of sp³-hybridized carbons (Fsp3) is 0.571. The van der Waals surface area contributed by atoms with Gasteiger partial charge in [0.15, 0.2) is 6.29 Å². The molecule has 2 rings (SSSR count). The van der Waals surface area contributed by atoms with E-state index in [1.165, 1.54) is 19.3 Å². The Hall–Kier alpha value is -1.38. The molecule has 3 heteroatoms. The summed E-state index contributed by atoms with van der Waals surface area (Å²) in [5.74, 6) is 0.848. The van der Waals surface area contributed by atoms with Gasteiger partial charge in [0, 0.05) is 19.3 Å². The summed E-state index contributed by atoms with van der Waals surface area (Å²) in [6.45, 7) is 6.61. The average molecular weight is 232 g/mol. The number of carbonyl (C=O) groups excluding carboxylic acids is 1. The normalized spacial score (nSPS) is 19.1. The Morgan fingerprint density at radius 2 is 2.18 bits per heavy atom. The van der Waals surface area contributed by atoms with E-state index >= 15 is 0 Å². The largest absolute Gasteiger partial charge is 0.356 e. The van der Waals surface area contributed by atoms with Crippen molar-refractivity contribution in [2.24, 2.45) is 5.41 Å². The van der Waals surface area contributed by atoms with Gasteiger partial charge in [-0.3, -0.25) is 4.79 Å². The Labute approximate surface area is 103 Å². The van der Waals surface area contributed by atoms with Crippen LogP contribution in [0.2, 0.25) is 0 Å². The molecule has 0 unspecified atom stereocenters. The van der Waals surface area contributed by atoms with Gasteiger partial charge in [0.25, 0.3) is 0 Å². The van der Waals surface area contributed by atoms with E-state index in [2.05, 4.69) is 23.7 Å². The lowest BCUT2D eigenvalue weighted by Crippen LogP contribution is -2.39. The predicted molar refractivity (Wildman–Crippen MR) is 69.5 cm³/mol. The van der Waals surface area contributed by atoms with Crippen LogP contribution in [0.25, 0.3) is 0 Å². The number of hydrogen-bond donors (Lipinski definition) is 0. The van der Waals surface area contributed by atoms with E-state index in [-0.39, 0.29) is 0 Å². The van der Waals surface area contributed by atoms with Crippen molar-refractivity contribution in [3.05, 3.63) is 23.9 Å². The molecule has 0 amide bonds. The number of nitrogens with zero attached hydrogens (tertiary/aromatic N) is 2. The molecule has 1 aromatic rings. The van der Waals surface area contributed by atoms with Crippen LogP contribution in [-0.4, -0.2) is 24.4 Å². The minimum Gasteiger partial charge on any atom is -0.356 e. The van der Waals surface area contributed by atoms with E-state index in [4.69, 9.17) is 0 Å². The maximum Gasteiger partial charge on any atom is 0.153 e. The van der Waals surface area contributed by atoms with Gasteiger partial charge in [-0.1, -0.05) is 20.3 Å². The van der Waals surface area contributed by atoms with Gasteiger partial charge in [-0.05, 0) is 30.4 Å². The summed E-state index contributed by atoms with van der Waals surface area (Å²) in [4.78, 5) is 17.6. The van der Waals surface area contributed by atoms with Crippen molar-refractivity contribution in [2.75, 3.05) is 18.0 Å². The van der Waals surface area contributed by atoms with Crippen molar-refractivity contribution in [3.63, 3.8) is 0 Å². The number of carbonyl (C=O) groups is 1. The van der Waals surface area contributed by atoms with E-state index in [9.17, 15) is 4.79 Å². The summed E-state index contributed by atoms with van der Waals surface area (Å²) in [5.41, 5.74) is 1.17. The molecule has 1 saturated heterocycles. The summed E-state index contributed by atoms with van der Waals surface area (Å²) in [5, 5.41) is 0. The maximum atomic E-state index is 11.0. The zero-order valence-electron chi connectivity index (χ0n) is 10.6. The highest BCUT2D eigenvalue weighted by Crippen LogP contribution is 2.35. The first-order valence-corrected chi connectivity index (χ1v) is 6.34. The summed E-state index contributed by atoms with van der Waals surface area (Å²) in [7, 11) is 0. The summed E-state index contributed by atoms with van der Waals surface area (Å²) in [6, 6.07) is 3.65. The fourth-order valence-corrected chi connectivity index (χ4v) is 2.38. The minimum absolute atomic E-state index is 0.465. The monoisotopic (exact) mass is 232 g/mol. The van der Waals surface area contributed by atoms with E-state index in [0.29, 0.717) is 11.0 Å². The van der Waals surface area contributed by atoms with Crippen molar-refractivity contribution in [1.82, 2.24) is 4.98 Å². The van der Waals surface area contributed by atoms with Crippen LogP contribution in [0.4, 0.5) is 5.82 Å². The average Bonchev–Trinajstić information content (AvgIpc) is 2.40. The summed E-state index contributed by atoms with van der Waals surface area (Å²) < 4.78 is 0. The number of hydrogen-bond acceptors (Lipinski definition) is 3. The number of piperidine rings is 1. The van der Waals surface area contributed by atoms with E-state index in [1.54, 1.807) is 6.20 Å². The van der Waals surface area contributed by atoms with Crippen molar-refractivity contribution in [1.29, 1.82) is 0 Å². The quantitative estimate of drug-likeness (QED) is 0.751. The Bertz CT molecular complexity index is 395. The molecule has 0 aromatic carbocycles. The van der Waals surface area contributed by atoms with E-state index in [1.807, 2.05) is 12.1 Å². The van der Waals surface area contributed by atoms with E-state index < -0.39 is 0 Å². The van der Waals surface area contributed by atoms with Crippen LogP contribution in [0, 0.1) is 5.41 Å². The molecular weight excluding hydrogens is 212 g/mol. The second kappa shape index (κ2) is 4.86. The van der Waals surface area contributed by atoms with Crippen LogP contribution >= 0.6 is 0 Å². The maximum absolute atomic E-state index is 11.0. The topological polar surface area (TPSA) is 33.2 Å². The van der Waals surface area contributed by atoms with Gasteiger partial charge in [0.05, 0.1) is 5.56 Å². The minimum atomic E-state index is 0.465. The predicted octanol–water partition coefficient (Wildman–Crippen LogP) is 2.91. The Balaban J connectivity index is 2.13. The zero-order chi connectivity index (χ0) is 12.3. The third kappa shape index (κ3) is 2.48. The Morgan fingerprint density at radius 1 is 1.47 bits per heavy atom. The molecule has 1 aromatic heterocycles. The highest BCUT2D eigenvalue weighted by atomic mass is 16.1. The molecule has 0 aliphatic carbocycles. The van der Waals surface area contributed by atoms with Gasteiger partial charge in [-0.2, -0.15) is 0 Å². The van der Waals surface area contributed by atoms with Gasteiger partial charge < -0.3 is 4.90 Å². The van der Waals surface area contributed by atoms with Crippen LogP contribution in [0.5, 0.6) is 0 Å². The summed E-state index contributed by atoms with van der Waals surface area (Å²) in [6.07, 6.45) is 6.24. The van der Waals surface area contributed by atoms with Crippen LogP contribution in [0.3, 0.4) is 0 Å². The van der Waals surface area contributed by atoms with Gasteiger partial charge in [0.2, 0.25) is 0 Å². The van der Waals surface area contributed by atoms with Gasteiger partial charge in [-0.15, -0.1) is 0 Å². The molecule has 1 fully saturated rings. The first-order valence-electron chi connectivity index (χ1n) is 6.34. The molecule has 0 spiro atoms. The third-order valence-corrected chi connectivity index (χ3v) is 4.07. The first kappa shape index (κ1) is 12.1. The molecule has 0 N–H and O–H groups in total. The lowest BCUT2D eigenvalue weighted by Gasteiger charge is -2.39. The van der Waals surface area contributed by atoms with Crippen LogP contribution in [-0.2, 0) is 0 Å². The molecule has 0 bridgehead atoms. The SMILES string of the molecule is CCC1(C)CCN(c2ncccc2C=O)CC1. The molecule has 92 valence electrons. The fourth-order valence-electron chi connectivity index (χ4n) is 2.38. The highest BCUT2D eigenvalue weighted by molar-refractivity contribution is 5.82. The Morgan fingerprint density at radius 3 is 2.76 bits per heavy atom.